The van der Waals surface area contributed by atoms with Crippen LogP contribution < -0.4 is 5.73 Å². The van der Waals surface area contributed by atoms with E-state index in [1.165, 1.54) is 6.33 Å². The van der Waals surface area contributed by atoms with Gasteiger partial charge in [-0.2, -0.15) is 0 Å². The molecule has 5 nitrogen and oxygen atoms in total. The fraction of sp³-hybridized carbons (Fsp3) is 0.154. The molecule has 1 aromatic carbocycles. The minimum Gasteiger partial charge on any atom is -0.399 e. The molecule has 2 N–H and O–H groups in total. The Bertz CT molecular complexity index is 719. The van der Waals surface area contributed by atoms with Crippen molar-refractivity contribution in [1.29, 1.82) is 0 Å². The predicted molar refractivity (Wildman–Crippen MR) is 75.0 cm³/mol. The predicted octanol–water partition coefficient (Wildman–Crippen LogP) is 2.67. The van der Waals surface area contributed by atoms with Crippen molar-refractivity contribution in [1.82, 2.24) is 19.5 Å². The number of imidazole rings is 1. The molecule has 19 heavy (non-hydrogen) atoms. The monoisotopic (exact) mass is 273 g/mol. The standard InChI is InChI=1S/C13H12ClN5/c1-8(9-2-4-10(15)5-3-9)19-7-18-11-12(14)16-6-17-13(11)19/h2-8H,15H2,1H3/t8-/m1/s1. The molecule has 0 aliphatic heterocycles. The van der Waals surface area contributed by atoms with E-state index in [-0.39, 0.29) is 6.04 Å². The average molecular weight is 274 g/mol. The molecule has 0 aliphatic rings. The second-order valence-corrected chi connectivity index (χ2v) is 4.69. The lowest BCUT2D eigenvalue weighted by Crippen LogP contribution is -2.06. The van der Waals surface area contributed by atoms with E-state index in [0.29, 0.717) is 10.7 Å². The maximum atomic E-state index is 6.00. The van der Waals surface area contributed by atoms with Crippen molar-refractivity contribution in [3.8, 4) is 0 Å². The molecule has 0 spiro atoms. The molecule has 0 unspecified atom stereocenters. The normalized spacial score (nSPS) is 12.7. The van der Waals surface area contributed by atoms with Crippen molar-refractivity contribution in [2.24, 2.45) is 0 Å². The van der Waals surface area contributed by atoms with E-state index < -0.39 is 0 Å². The number of nitrogens with two attached hydrogens (primary N) is 1. The van der Waals surface area contributed by atoms with Gasteiger partial charge in [0.15, 0.2) is 10.8 Å². The summed E-state index contributed by atoms with van der Waals surface area (Å²) in [5.41, 5.74) is 8.92. The lowest BCUT2D eigenvalue weighted by Gasteiger charge is -2.14. The van der Waals surface area contributed by atoms with Crippen LogP contribution in [0.15, 0.2) is 36.9 Å². The molecule has 2 heterocycles. The van der Waals surface area contributed by atoms with Crippen molar-refractivity contribution < 1.29 is 0 Å². The smallest absolute Gasteiger partial charge is 0.165 e. The van der Waals surface area contributed by atoms with Crippen molar-refractivity contribution in [3.05, 3.63) is 47.6 Å². The number of benzene rings is 1. The van der Waals surface area contributed by atoms with Crippen molar-refractivity contribution in [2.75, 3.05) is 5.73 Å². The fourth-order valence-corrected chi connectivity index (χ4v) is 2.22. The van der Waals surface area contributed by atoms with Gasteiger partial charge in [0.2, 0.25) is 0 Å². The summed E-state index contributed by atoms with van der Waals surface area (Å²) in [5, 5.41) is 0.369. The summed E-state index contributed by atoms with van der Waals surface area (Å²) in [7, 11) is 0. The molecule has 0 saturated heterocycles. The van der Waals surface area contributed by atoms with E-state index in [1.807, 2.05) is 28.8 Å². The quantitative estimate of drug-likeness (QED) is 0.576. The second-order valence-electron chi connectivity index (χ2n) is 4.33. The third kappa shape index (κ3) is 2.02. The number of halogens is 1. The molecule has 0 radical (unpaired) electrons. The number of nitrogens with zero attached hydrogens (tertiary/aromatic N) is 4. The number of hydrogen-bond donors (Lipinski definition) is 1. The molecule has 96 valence electrons. The van der Waals surface area contributed by atoms with Crippen LogP contribution in [0.1, 0.15) is 18.5 Å². The number of fused-ring (bicyclic) bond motifs is 1. The van der Waals surface area contributed by atoms with Gasteiger partial charge < -0.3 is 10.3 Å². The Morgan fingerprint density at radius 3 is 2.63 bits per heavy atom. The molecule has 0 aliphatic carbocycles. The molecular formula is C13H12ClN5. The lowest BCUT2D eigenvalue weighted by molar-refractivity contribution is 0.652. The Morgan fingerprint density at radius 1 is 1.16 bits per heavy atom. The molecule has 1 atom stereocenters. The minimum absolute atomic E-state index is 0.0940. The number of aromatic nitrogens is 4. The first-order valence-electron chi connectivity index (χ1n) is 5.85. The Morgan fingerprint density at radius 2 is 1.89 bits per heavy atom. The summed E-state index contributed by atoms with van der Waals surface area (Å²) in [6.07, 6.45) is 3.17. The summed E-state index contributed by atoms with van der Waals surface area (Å²) in [5.74, 6) is 0. The summed E-state index contributed by atoms with van der Waals surface area (Å²) >= 11 is 6.00. The van der Waals surface area contributed by atoms with Gasteiger partial charge in [-0.15, -0.1) is 0 Å². The van der Waals surface area contributed by atoms with Crippen LogP contribution in [0.5, 0.6) is 0 Å². The van der Waals surface area contributed by atoms with E-state index >= 15 is 0 Å². The summed E-state index contributed by atoms with van der Waals surface area (Å²) in [4.78, 5) is 12.4. The summed E-state index contributed by atoms with van der Waals surface area (Å²) in [6.45, 7) is 2.07. The van der Waals surface area contributed by atoms with Gasteiger partial charge in [-0.1, -0.05) is 23.7 Å². The van der Waals surface area contributed by atoms with Crippen molar-refractivity contribution in [3.63, 3.8) is 0 Å². The highest BCUT2D eigenvalue weighted by Crippen LogP contribution is 2.24. The maximum Gasteiger partial charge on any atom is 0.165 e. The Balaban J connectivity index is 2.09. The second kappa shape index (κ2) is 4.51. The largest absolute Gasteiger partial charge is 0.399 e. The van der Waals surface area contributed by atoms with Crippen LogP contribution in [0, 0.1) is 0 Å². The molecule has 0 bridgehead atoms. The molecule has 0 amide bonds. The molecule has 3 rings (SSSR count). The zero-order chi connectivity index (χ0) is 13.4. The first kappa shape index (κ1) is 11.9. The van der Waals surface area contributed by atoms with Gasteiger partial charge in [0.05, 0.1) is 12.4 Å². The molecule has 3 aromatic rings. The molecule has 0 saturated carbocycles. The van der Waals surface area contributed by atoms with Gasteiger partial charge >= 0.3 is 0 Å². The number of hydrogen-bond acceptors (Lipinski definition) is 4. The third-order valence-corrected chi connectivity index (χ3v) is 3.43. The average Bonchev–Trinajstić information content (AvgIpc) is 2.84. The molecule has 2 aromatic heterocycles. The van der Waals surface area contributed by atoms with Gasteiger partial charge in [-0.25, -0.2) is 15.0 Å². The van der Waals surface area contributed by atoms with Crippen LogP contribution in [0.4, 0.5) is 5.69 Å². The lowest BCUT2D eigenvalue weighted by atomic mass is 10.1. The van der Waals surface area contributed by atoms with E-state index in [0.717, 1.165) is 16.9 Å². The van der Waals surface area contributed by atoms with Gasteiger partial charge in [0.1, 0.15) is 11.8 Å². The zero-order valence-corrected chi connectivity index (χ0v) is 11.0. The molecule has 0 fully saturated rings. The van der Waals surface area contributed by atoms with Crippen LogP contribution in [0.25, 0.3) is 11.2 Å². The number of anilines is 1. The van der Waals surface area contributed by atoms with Gasteiger partial charge in [0, 0.05) is 5.69 Å². The first-order valence-corrected chi connectivity index (χ1v) is 6.23. The van der Waals surface area contributed by atoms with Crippen LogP contribution >= 0.6 is 11.6 Å². The molecule has 6 heteroatoms. The highest BCUT2D eigenvalue weighted by molar-refractivity contribution is 6.33. The van der Waals surface area contributed by atoms with E-state index in [2.05, 4.69) is 21.9 Å². The van der Waals surface area contributed by atoms with Crippen LogP contribution in [-0.2, 0) is 0 Å². The first-order chi connectivity index (χ1) is 9.16. The fourth-order valence-electron chi connectivity index (χ4n) is 2.04. The van der Waals surface area contributed by atoms with Crippen LogP contribution in [-0.4, -0.2) is 19.5 Å². The van der Waals surface area contributed by atoms with Crippen molar-refractivity contribution >= 4 is 28.5 Å². The number of rotatable bonds is 2. The summed E-state index contributed by atoms with van der Waals surface area (Å²) < 4.78 is 1.97. The van der Waals surface area contributed by atoms with Crippen LogP contribution in [0.3, 0.4) is 0 Å². The number of nitrogen functional groups attached to an aromatic ring is 1. The van der Waals surface area contributed by atoms with E-state index in [1.54, 1.807) is 6.33 Å². The summed E-state index contributed by atoms with van der Waals surface area (Å²) in [6, 6.07) is 7.85. The van der Waals surface area contributed by atoms with Crippen LogP contribution in [0.2, 0.25) is 5.15 Å². The SMILES string of the molecule is C[C@H](c1ccc(N)cc1)n1cnc2c(Cl)ncnc21. The maximum absolute atomic E-state index is 6.00. The molecular weight excluding hydrogens is 262 g/mol. The van der Waals surface area contributed by atoms with E-state index in [9.17, 15) is 0 Å². The Hall–Kier alpha value is -2.14. The highest BCUT2D eigenvalue weighted by atomic mass is 35.5. The minimum atomic E-state index is 0.0940. The van der Waals surface area contributed by atoms with Gasteiger partial charge in [0.25, 0.3) is 0 Å². The Labute approximate surface area is 115 Å². The van der Waals surface area contributed by atoms with Crippen molar-refractivity contribution in [2.45, 2.75) is 13.0 Å². The Kier molecular flexibility index (Phi) is 2.83. The van der Waals surface area contributed by atoms with E-state index in [4.69, 9.17) is 17.3 Å². The zero-order valence-electron chi connectivity index (χ0n) is 10.3. The van der Waals surface area contributed by atoms with Gasteiger partial charge in [-0.3, -0.25) is 0 Å². The topological polar surface area (TPSA) is 69.6 Å². The highest BCUT2D eigenvalue weighted by Gasteiger charge is 2.14. The van der Waals surface area contributed by atoms with Gasteiger partial charge in [-0.05, 0) is 24.6 Å². The third-order valence-electron chi connectivity index (χ3n) is 3.15.